The summed E-state index contributed by atoms with van der Waals surface area (Å²) in [7, 11) is 1.66. The van der Waals surface area contributed by atoms with E-state index in [1.165, 1.54) is 0 Å². The lowest BCUT2D eigenvalue weighted by atomic mass is 10.2. The summed E-state index contributed by atoms with van der Waals surface area (Å²) in [4.78, 5) is 0. The molecular formula is C13H17NO2. The number of hydrogen-bond donors (Lipinski definition) is 1. The van der Waals surface area contributed by atoms with E-state index in [2.05, 4.69) is 19.2 Å². The van der Waals surface area contributed by atoms with E-state index < -0.39 is 0 Å². The highest BCUT2D eigenvalue weighted by Gasteiger charge is 2.08. The summed E-state index contributed by atoms with van der Waals surface area (Å²) in [5, 5.41) is 4.41. The highest BCUT2D eigenvalue weighted by Crippen LogP contribution is 2.28. The lowest BCUT2D eigenvalue weighted by Gasteiger charge is -2.04. The largest absolute Gasteiger partial charge is 0.493 e. The number of ether oxygens (including phenoxy) is 1. The summed E-state index contributed by atoms with van der Waals surface area (Å²) >= 11 is 0. The molecule has 1 N–H and O–H groups in total. The molecule has 1 aromatic carbocycles. The Hall–Kier alpha value is -1.48. The number of nitrogens with one attached hydrogen (secondary N) is 1. The van der Waals surface area contributed by atoms with Gasteiger partial charge in [-0.2, -0.15) is 0 Å². The topological polar surface area (TPSA) is 34.4 Å². The third kappa shape index (κ3) is 2.19. The van der Waals surface area contributed by atoms with E-state index in [1.54, 1.807) is 7.11 Å². The maximum absolute atomic E-state index is 5.75. The van der Waals surface area contributed by atoms with Crippen molar-refractivity contribution in [3.63, 3.8) is 0 Å². The first kappa shape index (κ1) is 11.0. The maximum Gasteiger partial charge on any atom is 0.176 e. The van der Waals surface area contributed by atoms with Gasteiger partial charge < -0.3 is 14.5 Å². The van der Waals surface area contributed by atoms with Crippen molar-refractivity contribution in [2.45, 2.75) is 26.4 Å². The van der Waals surface area contributed by atoms with Gasteiger partial charge in [0.1, 0.15) is 5.76 Å². The molecule has 0 aliphatic carbocycles. The SMILES string of the molecule is COc1cccc2cc(CNC(C)C)oc12. The smallest absolute Gasteiger partial charge is 0.176 e. The minimum atomic E-state index is 0.454. The molecule has 16 heavy (non-hydrogen) atoms. The quantitative estimate of drug-likeness (QED) is 0.858. The Bertz CT molecular complexity index is 474. The third-order valence-corrected chi connectivity index (χ3v) is 2.46. The fraction of sp³-hybridized carbons (Fsp3) is 0.385. The number of methoxy groups -OCH3 is 1. The van der Waals surface area contributed by atoms with Crippen molar-refractivity contribution in [3.05, 3.63) is 30.0 Å². The molecule has 3 nitrogen and oxygen atoms in total. The van der Waals surface area contributed by atoms with Gasteiger partial charge >= 0.3 is 0 Å². The Balaban J connectivity index is 2.29. The summed E-state index contributed by atoms with van der Waals surface area (Å²) in [6.07, 6.45) is 0. The monoisotopic (exact) mass is 219 g/mol. The predicted octanol–water partition coefficient (Wildman–Crippen LogP) is 2.94. The first-order chi connectivity index (χ1) is 7.70. The van der Waals surface area contributed by atoms with Crippen molar-refractivity contribution in [2.24, 2.45) is 0 Å². The highest BCUT2D eigenvalue weighted by molar-refractivity contribution is 5.83. The van der Waals surface area contributed by atoms with Gasteiger partial charge in [-0.3, -0.25) is 0 Å². The average molecular weight is 219 g/mol. The van der Waals surface area contributed by atoms with E-state index in [0.717, 1.165) is 29.0 Å². The van der Waals surface area contributed by atoms with Crippen LogP contribution in [0.4, 0.5) is 0 Å². The summed E-state index contributed by atoms with van der Waals surface area (Å²) in [6, 6.07) is 8.41. The molecule has 2 rings (SSSR count). The number of rotatable bonds is 4. The lowest BCUT2D eigenvalue weighted by molar-refractivity contribution is 0.405. The first-order valence-electron chi connectivity index (χ1n) is 5.49. The first-order valence-corrected chi connectivity index (χ1v) is 5.49. The number of para-hydroxylation sites is 1. The van der Waals surface area contributed by atoms with Crippen LogP contribution in [-0.2, 0) is 6.54 Å². The number of hydrogen-bond acceptors (Lipinski definition) is 3. The van der Waals surface area contributed by atoms with Crippen molar-refractivity contribution < 1.29 is 9.15 Å². The van der Waals surface area contributed by atoms with Gasteiger partial charge in [0, 0.05) is 11.4 Å². The van der Waals surface area contributed by atoms with E-state index in [-0.39, 0.29) is 0 Å². The molecule has 3 heteroatoms. The molecule has 0 aliphatic heterocycles. The van der Waals surface area contributed by atoms with Gasteiger partial charge in [-0.25, -0.2) is 0 Å². The molecular weight excluding hydrogens is 202 g/mol. The molecule has 1 heterocycles. The highest BCUT2D eigenvalue weighted by atomic mass is 16.5. The van der Waals surface area contributed by atoms with Gasteiger partial charge in [-0.1, -0.05) is 26.0 Å². The van der Waals surface area contributed by atoms with Crippen LogP contribution in [0, 0.1) is 0 Å². The van der Waals surface area contributed by atoms with Crippen molar-refractivity contribution in [1.82, 2.24) is 5.32 Å². The van der Waals surface area contributed by atoms with Gasteiger partial charge in [0.05, 0.1) is 13.7 Å². The third-order valence-electron chi connectivity index (χ3n) is 2.46. The molecule has 0 aliphatic rings. The molecule has 1 aromatic heterocycles. The summed E-state index contributed by atoms with van der Waals surface area (Å²) in [5.74, 6) is 1.72. The minimum absolute atomic E-state index is 0.454. The summed E-state index contributed by atoms with van der Waals surface area (Å²) in [5.41, 5.74) is 0.825. The van der Waals surface area contributed by atoms with Gasteiger partial charge in [0.15, 0.2) is 11.3 Å². The zero-order valence-corrected chi connectivity index (χ0v) is 9.91. The van der Waals surface area contributed by atoms with Crippen molar-refractivity contribution in [2.75, 3.05) is 7.11 Å². The van der Waals surface area contributed by atoms with Crippen molar-refractivity contribution in [3.8, 4) is 5.75 Å². The zero-order valence-electron chi connectivity index (χ0n) is 9.91. The molecule has 0 fully saturated rings. The summed E-state index contributed by atoms with van der Waals surface area (Å²) in [6.45, 7) is 4.97. The van der Waals surface area contributed by atoms with Gasteiger partial charge in [-0.05, 0) is 12.1 Å². The molecule has 86 valence electrons. The van der Waals surface area contributed by atoms with Crippen molar-refractivity contribution >= 4 is 11.0 Å². The van der Waals surface area contributed by atoms with Crippen LogP contribution >= 0.6 is 0 Å². The van der Waals surface area contributed by atoms with Crippen LogP contribution in [-0.4, -0.2) is 13.2 Å². The van der Waals surface area contributed by atoms with Gasteiger partial charge in [-0.15, -0.1) is 0 Å². The van der Waals surface area contributed by atoms with Crippen LogP contribution in [0.5, 0.6) is 5.75 Å². The molecule has 0 amide bonds. The standard InChI is InChI=1S/C13H17NO2/c1-9(2)14-8-11-7-10-5-4-6-12(15-3)13(10)16-11/h4-7,9,14H,8H2,1-3H3. The molecule has 0 unspecified atom stereocenters. The normalized spacial score (nSPS) is 11.2. The second-order valence-corrected chi connectivity index (χ2v) is 4.13. The van der Waals surface area contributed by atoms with Gasteiger partial charge in [0.2, 0.25) is 0 Å². The molecule has 2 aromatic rings. The van der Waals surface area contributed by atoms with Crippen LogP contribution in [0.3, 0.4) is 0 Å². The Morgan fingerprint density at radius 2 is 2.19 bits per heavy atom. The van der Waals surface area contributed by atoms with E-state index in [4.69, 9.17) is 9.15 Å². The van der Waals surface area contributed by atoms with E-state index in [9.17, 15) is 0 Å². The number of benzene rings is 1. The second-order valence-electron chi connectivity index (χ2n) is 4.13. The van der Waals surface area contributed by atoms with E-state index >= 15 is 0 Å². The van der Waals surface area contributed by atoms with E-state index in [1.807, 2.05) is 24.3 Å². The van der Waals surface area contributed by atoms with Crippen LogP contribution in [0.25, 0.3) is 11.0 Å². The number of fused-ring (bicyclic) bond motifs is 1. The predicted molar refractivity (Wildman–Crippen MR) is 64.7 cm³/mol. The molecule has 0 saturated heterocycles. The molecule has 0 atom stereocenters. The average Bonchev–Trinajstić information content (AvgIpc) is 2.68. The van der Waals surface area contributed by atoms with Crippen LogP contribution in [0.15, 0.2) is 28.7 Å². The Morgan fingerprint density at radius 3 is 2.88 bits per heavy atom. The van der Waals surface area contributed by atoms with E-state index in [0.29, 0.717) is 6.04 Å². The van der Waals surface area contributed by atoms with Crippen LogP contribution in [0.1, 0.15) is 19.6 Å². The lowest BCUT2D eigenvalue weighted by Crippen LogP contribution is -2.21. The van der Waals surface area contributed by atoms with Crippen molar-refractivity contribution in [1.29, 1.82) is 0 Å². The Morgan fingerprint density at radius 1 is 1.38 bits per heavy atom. The Labute approximate surface area is 95.4 Å². The molecule has 0 saturated carbocycles. The summed E-state index contributed by atoms with van der Waals surface area (Å²) < 4.78 is 11.0. The fourth-order valence-corrected chi connectivity index (χ4v) is 1.64. The Kier molecular flexibility index (Phi) is 3.15. The van der Waals surface area contributed by atoms with Crippen LogP contribution in [0.2, 0.25) is 0 Å². The second kappa shape index (κ2) is 4.58. The minimum Gasteiger partial charge on any atom is -0.493 e. The zero-order chi connectivity index (χ0) is 11.5. The molecule has 0 spiro atoms. The maximum atomic E-state index is 5.75. The molecule has 0 radical (unpaired) electrons. The molecule has 0 bridgehead atoms. The number of furan rings is 1. The van der Waals surface area contributed by atoms with Gasteiger partial charge in [0.25, 0.3) is 0 Å². The van der Waals surface area contributed by atoms with Crippen LogP contribution < -0.4 is 10.1 Å². The fourth-order valence-electron chi connectivity index (χ4n) is 1.64.